The first kappa shape index (κ1) is 14.3. The van der Waals surface area contributed by atoms with Crippen LogP contribution in [0.2, 0.25) is 0 Å². The van der Waals surface area contributed by atoms with Gasteiger partial charge in [-0.1, -0.05) is 12.1 Å². The zero-order chi connectivity index (χ0) is 13.7. The van der Waals surface area contributed by atoms with Crippen molar-refractivity contribution in [3.8, 4) is 0 Å². The van der Waals surface area contributed by atoms with Gasteiger partial charge in [0.05, 0.1) is 5.69 Å². The molecule has 19 heavy (non-hydrogen) atoms. The van der Waals surface area contributed by atoms with E-state index in [-0.39, 0.29) is 5.82 Å². The van der Waals surface area contributed by atoms with Gasteiger partial charge in [-0.3, -0.25) is 0 Å². The van der Waals surface area contributed by atoms with Gasteiger partial charge in [-0.25, -0.2) is 4.39 Å². The van der Waals surface area contributed by atoms with Gasteiger partial charge in [0.25, 0.3) is 0 Å². The molecule has 1 fully saturated rings. The molecular formula is C15H23FN2O. The molecular weight excluding hydrogens is 243 g/mol. The molecule has 0 unspecified atom stereocenters. The highest BCUT2D eigenvalue weighted by Crippen LogP contribution is 2.26. The van der Waals surface area contributed by atoms with Crippen LogP contribution in [-0.2, 0) is 11.2 Å². The predicted molar refractivity (Wildman–Crippen MR) is 76.0 cm³/mol. The maximum Gasteiger partial charge on any atom is 0.146 e. The van der Waals surface area contributed by atoms with Crippen LogP contribution in [0.25, 0.3) is 0 Å². The van der Waals surface area contributed by atoms with Crippen molar-refractivity contribution in [2.45, 2.75) is 19.3 Å². The topological polar surface area (TPSA) is 38.5 Å². The van der Waals surface area contributed by atoms with Crippen molar-refractivity contribution in [3.05, 3.63) is 29.6 Å². The molecule has 0 aliphatic carbocycles. The van der Waals surface area contributed by atoms with Gasteiger partial charge in [-0.15, -0.1) is 0 Å². The molecule has 3 nitrogen and oxygen atoms in total. The number of anilines is 1. The van der Waals surface area contributed by atoms with Crippen molar-refractivity contribution in [2.75, 3.05) is 38.3 Å². The van der Waals surface area contributed by atoms with Crippen LogP contribution >= 0.6 is 0 Å². The molecule has 0 atom stereocenters. The fourth-order valence-corrected chi connectivity index (χ4v) is 2.75. The summed E-state index contributed by atoms with van der Waals surface area (Å²) in [5.74, 6) is 0.435. The van der Waals surface area contributed by atoms with Gasteiger partial charge in [0.15, 0.2) is 0 Å². The van der Waals surface area contributed by atoms with Crippen molar-refractivity contribution >= 4 is 5.69 Å². The van der Waals surface area contributed by atoms with Crippen molar-refractivity contribution in [1.29, 1.82) is 0 Å². The Bertz CT molecular complexity index is 405. The lowest BCUT2D eigenvalue weighted by molar-refractivity contribution is 0.0685. The second kappa shape index (κ2) is 6.87. The minimum Gasteiger partial charge on any atom is -0.381 e. The molecule has 0 spiro atoms. The highest BCUT2D eigenvalue weighted by Gasteiger charge is 2.19. The Morgan fingerprint density at radius 3 is 2.79 bits per heavy atom. The zero-order valence-corrected chi connectivity index (χ0v) is 11.6. The maximum absolute atomic E-state index is 14.1. The minimum absolute atomic E-state index is 0.152. The van der Waals surface area contributed by atoms with Crippen LogP contribution in [0.15, 0.2) is 18.2 Å². The zero-order valence-electron chi connectivity index (χ0n) is 11.6. The third kappa shape index (κ3) is 3.67. The van der Waals surface area contributed by atoms with Crippen molar-refractivity contribution in [1.82, 2.24) is 0 Å². The smallest absolute Gasteiger partial charge is 0.146 e. The first-order chi connectivity index (χ1) is 9.22. The Morgan fingerprint density at radius 2 is 2.11 bits per heavy atom. The lowest BCUT2D eigenvalue weighted by atomic mass is 9.99. The summed E-state index contributed by atoms with van der Waals surface area (Å²) >= 11 is 0. The second-order valence-electron chi connectivity index (χ2n) is 5.22. The molecule has 1 aromatic rings. The number of para-hydroxylation sites is 1. The van der Waals surface area contributed by atoms with E-state index >= 15 is 0 Å². The average Bonchev–Trinajstić information content (AvgIpc) is 2.40. The summed E-state index contributed by atoms with van der Waals surface area (Å²) in [6.07, 6.45) is 2.83. The molecule has 1 aliphatic rings. The monoisotopic (exact) mass is 266 g/mol. The lowest BCUT2D eigenvalue weighted by Gasteiger charge is -2.30. The third-order valence-corrected chi connectivity index (χ3v) is 3.74. The Hall–Kier alpha value is -1.13. The van der Waals surface area contributed by atoms with E-state index in [1.54, 1.807) is 6.07 Å². The predicted octanol–water partition coefficient (Wildman–Crippen LogP) is 2.19. The number of hydrogen-bond donors (Lipinski definition) is 1. The molecule has 106 valence electrons. The normalized spacial score (nSPS) is 16.6. The molecule has 1 saturated heterocycles. The molecule has 0 radical (unpaired) electrons. The number of hydrogen-bond acceptors (Lipinski definition) is 3. The number of rotatable bonds is 5. The van der Waals surface area contributed by atoms with Crippen LogP contribution in [0.3, 0.4) is 0 Å². The van der Waals surface area contributed by atoms with E-state index in [0.29, 0.717) is 24.6 Å². The fourth-order valence-electron chi connectivity index (χ4n) is 2.75. The summed E-state index contributed by atoms with van der Waals surface area (Å²) in [6, 6.07) is 5.24. The molecule has 1 aliphatic heterocycles. The van der Waals surface area contributed by atoms with Gasteiger partial charge in [-0.05, 0) is 43.4 Å². The second-order valence-corrected chi connectivity index (χ2v) is 5.22. The standard InChI is InChI=1S/C15H23FN2O/c1-18(11-12-6-9-19-10-7-12)15-13(5-8-17)3-2-4-14(15)16/h2-4,12H,5-11,17H2,1H3. The largest absolute Gasteiger partial charge is 0.381 e. The minimum atomic E-state index is -0.152. The molecule has 0 saturated carbocycles. The number of ether oxygens (including phenoxy) is 1. The summed E-state index contributed by atoms with van der Waals surface area (Å²) in [5, 5.41) is 0. The summed E-state index contributed by atoms with van der Waals surface area (Å²) < 4.78 is 19.4. The summed E-state index contributed by atoms with van der Waals surface area (Å²) in [6.45, 7) is 3.07. The van der Waals surface area contributed by atoms with Crippen LogP contribution in [-0.4, -0.2) is 33.4 Å². The first-order valence-corrected chi connectivity index (χ1v) is 6.98. The molecule has 0 bridgehead atoms. The molecule has 2 N–H and O–H groups in total. The number of benzene rings is 1. The Morgan fingerprint density at radius 1 is 1.37 bits per heavy atom. The van der Waals surface area contributed by atoms with Gasteiger partial charge in [0.1, 0.15) is 5.82 Å². The molecule has 1 heterocycles. The Labute approximate surface area is 114 Å². The van der Waals surface area contributed by atoms with E-state index in [4.69, 9.17) is 10.5 Å². The van der Waals surface area contributed by atoms with Crippen LogP contribution in [0.5, 0.6) is 0 Å². The van der Waals surface area contributed by atoms with Crippen LogP contribution in [0.1, 0.15) is 18.4 Å². The summed E-state index contributed by atoms with van der Waals surface area (Å²) in [7, 11) is 1.97. The average molecular weight is 266 g/mol. The number of halogens is 1. The van der Waals surface area contributed by atoms with E-state index < -0.39 is 0 Å². The van der Waals surface area contributed by atoms with E-state index in [9.17, 15) is 4.39 Å². The highest BCUT2D eigenvalue weighted by atomic mass is 19.1. The van der Waals surface area contributed by atoms with Crippen LogP contribution in [0.4, 0.5) is 10.1 Å². The van der Waals surface area contributed by atoms with E-state index in [2.05, 4.69) is 0 Å². The molecule has 4 heteroatoms. The van der Waals surface area contributed by atoms with Gasteiger partial charge < -0.3 is 15.4 Å². The number of nitrogens with zero attached hydrogens (tertiary/aromatic N) is 1. The Kier molecular flexibility index (Phi) is 5.16. The van der Waals surface area contributed by atoms with Gasteiger partial charge in [0, 0.05) is 26.8 Å². The Balaban J connectivity index is 2.10. The van der Waals surface area contributed by atoms with Crippen LogP contribution in [0, 0.1) is 11.7 Å². The van der Waals surface area contributed by atoms with Gasteiger partial charge in [0.2, 0.25) is 0 Å². The van der Waals surface area contributed by atoms with Crippen molar-refractivity contribution in [3.63, 3.8) is 0 Å². The quantitative estimate of drug-likeness (QED) is 0.888. The van der Waals surface area contributed by atoms with Gasteiger partial charge in [-0.2, -0.15) is 0 Å². The van der Waals surface area contributed by atoms with E-state index in [1.165, 1.54) is 6.07 Å². The molecule has 2 rings (SSSR count). The SMILES string of the molecule is CN(CC1CCOCC1)c1c(F)cccc1CCN. The van der Waals surface area contributed by atoms with Crippen molar-refractivity contribution in [2.24, 2.45) is 11.7 Å². The van der Waals surface area contributed by atoms with Crippen molar-refractivity contribution < 1.29 is 9.13 Å². The van der Waals surface area contributed by atoms with E-state index in [1.807, 2.05) is 18.0 Å². The highest BCUT2D eigenvalue weighted by molar-refractivity contribution is 5.54. The summed E-state index contributed by atoms with van der Waals surface area (Å²) in [5.41, 5.74) is 7.31. The molecule has 1 aromatic carbocycles. The first-order valence-electron chi connectivity index (χ1n) is 6.98. The summed E-state index contributed by atoms with van der Waals surface area (Å²) in [4.78, 5) is 2.04. The van der Waals surface area contributed by atoms with Crippen LogP contribution < -0.4 is 10.6 Å². The fraction of sp³-hybridized carbons (Fsp3) is 0.600. The third-order valence-electron chi connectivity index (χ3n) is 3.74. The maximum atomic E-state index is 14.1. The van der Waals surface area contributed by atoms with E-state index in [0.717, 1.165) is 38.2 Å². The van der Waals surface area contributed by atoms with Gasteiger partial charge >= 0.3 is 0 Å². The number of nitrogens with two attached hydrogens (primary N) is 1. The lowest BCUT2D eigenvalue weighted by Crippen LogP contribution is -2.30. The molecule has 0 aromatic heterocycles. The molecule has 0 amide bonds.